The van der Waals surface area contributed by atoms with Gasteiger partial charge in [0.15, 0.2) is 0 Å². The molecule has 0 saturated heterocycles. The number of benzene rings is 4. The molecule has 1 aliphatic rings. The Morgan fingerprint density at radius 3 is 1.97 bits per heavy atom. The molecular weight excluding hydrogens is 488 g/mol. The summed E-state index contributed by atoms with van der Waals surface area (Å²) in [5, 5.41) is 0.255. The zero-order valence-electron chi connectivity index (χ0n) is 23.1. The largest absolute Gasteiger partial charge is 0.497 e. The molecule has 0 radical (unpaired) electrons. The van der Waals surface area contributed by atoms with Crippen LogP contribution in [0.3, 0.4) is 0 Å². The Hall–Kier alpha value is -3.37. The van der Waals surface area contributed by atoms with Gasteiger partial charge in [0, 0.05) is 28.4 Å². The lowest BCUT2D eigenvalue weighted by molar-refractivity contribution is 0.406. The van der Waals surface area contributed by atoms with Gasteiger partial charge < -0.3 is 14.2 Å². The SMILES string of the molecule is COc1ccc([C@H]2C(SCc3ccc(C)cc3)c3cc(C)cc(OC)c3[C@@H]2c2cc(C)cc(OC)c2)cc1. The topological polar surface area (TPSA) is 27.7 Å². The molecule has 3 atom stereocenters. The molecule has 0 amide bonds. The van der Waals surface area contributed by atoms with Gasteiger partial charge in [-0.15, -0.1) is 11.8 Å². The average molecular weight is 525 g/mol. The molecule has 0 fully saturated rings. The van der Waals surface area contributed by atoms with Crippen molar-refractivity contribution >= 4 is 11.8 Å². The third kappa shape index (κ3) is 5.15. The van der Waals surface area contributed by atoms with Crippen molar-refractivity contribution in [1.29, 1.82) is 0 Å². The Balaban J connectivity index is 1.69. The number of fused-ring (bicyclic) bond motifs is 1. The number of thioether (sulfide) groups is 1. The highest BCUT2D eigenvalue weighted by Gasteiger charge is 2.45. The van der Waals surface area contributed by atoms with Crippen molar-refractivity contribution in [3.63, 3.8) is 0 Å². The van der Waals surface area contributed by atoms with E-state index < -0.39 is 0 Å². The lowest BCUT2D eigenvalue weighted by Gasteiger charge is -2.27. The van der Waals surface area contributed by atoms with Crippen LogP contribution in [0.1, 0.15) is 61.6 Å². The quantitative estimate of drug-likeness (QED) is 0.231. The molecular formula is C34H36O3S. The molecule has 0 heterocycles. The molecule has 1 aliphatic carbocycles. The summed E-state index contributed by atoms with van der Waals surface area (Å²) in [5.74, 6) is 4.00. The molecule has 5 rings (SSSR count). The van der Waals surface area contributed by atoms with E-state index in [2.05, 4.69) is 99.6 Å². The third-order valence-electron chi connectivity index (χ3n) is 7.56. The Labute approximate surface area is 231 Å². The van der Waals surface area contributed by atoms with E-state index in [4.69, 9.17) is 14.2 Å². The summed E-state index contributed by atoms with van der Waals surface area (Å²) in [4.78, 5) is 0. The molecule has 0 bridgehead atoms. The molecule has 4 aromatic rings. The summed E-state index contributed by atoms with van der Waals surface area (Å²) in [6.07, 6.45) is 0. The van der Waals surface area contributed by atoms with Crippen LogP contribution in [0.4, 0.5) is 0 Å². The maximum absolute atomic E-state index is 6.06. The van der Waals surface area contributed by atoms with Crippen molar-refractivity contribution in [3.05, 3.63) is 123 Å². The van der Waals surface area contributed by atoms with Crippen LogP contribution >= 0.6 is 11.8 Å². The first-order chi connectivity index (χ1) is 18.4. The van der Waals surface area contributed by atoms with Crippen molar-refractivity contribution in [1.82, 2.24) is 0 Å². The van der Waals surface area contributed by atoms with E-state index in [0.717, 1.165) is 23.0 Å². The van der Waals surface area contributed by atoms with Gasteiger partial charge in [-0.2, -0.15) is 0 Å². The number of methoxy groups -OCH3 is 3. The maximum atomic E-state index is 6.06. The lowest BCUT2D eigenvalue weighted by Crippen LogP contribution is -2.12. The van der Waals surface area contributed by atoms with E-state index in [1.165, 1.54) is 44.5 Å². The normalized spacial score (nSPS) is 18.2. The van der Waals surface area contributed by atoms with Gasteiger partial charge in [0.1, 0.15) is 17.2 Å². The van der Waals surface area contributed by atoms with Gasteiger partial charge in [0.2, 0.25) is 0 Å². The minimum Gasteiger partial charge on any atom is -0.497 e. The standard InChI is InChI=1S/C34H36O3S/c1-21-7-9-24(10-8-21)20-38-34-29-17-23(3)18-30(37-6)33(29)31(26-15-22(2)16-28(19-26)36-5)32(34)25-11-13-27(35-4)14-12-25/h7-19,31-32,34H,20H2,1-6H3/t31-,32-,34?/m1/s1. The molecule has 3 nitrogen and oxygen atoms in total. The molecule has 4 heteroatoms. The summed E-state index contributed by atoms with van der Waals surface area (Å²) >= 11 is 2.02. The van der Waals surface area contributed by atoms with E-state index in [0.29, 0.717) is 0 Å². The van der Waals surface area contributed by atoms with Crippen molar-refractivity contribution < 1.29 is 14.2 Å². The second kappa shape index (κ2) is 11.2. The number of aryl methyl sites for hydroxylation is 3. The van der Waals surface area contributed by atoms with Crippen molar-refractivity contribution in [2.75, 3.05) is 21.3 Å². The van der Waals surface area contributed by atoms with Gasteiger partial charge in [0.05, 0.1) is 21.3 Å². The van der Waals surface area contributed by atoms with Gasteiger partial charge in [-0.05, 0) is 84.5 Å². The molecule has 0 N–H and O–H groups in total. The molecule has 38 heavy (non-hydrogen) atoms. The highest BCUT2D eigenvalue weighted by molar-refractivity contribution is 7.98. The smallest absolute Gasteiger partial charge is 0.123 e. The number of hydrogen-bond acceptors (Lipinski definition) is 4. The monoisotopic (exact) mass is 524 g/mol. The van der Waals surface area contributed by atoms with Crippen LogP contribution in [0.5, 0.6) is 17.2 Å². The van der Waals surface area contributed by atoms with Crippen LogP contribution in [0, 0.1) is 20.8 Å². The van der Waals surface area contributed by atoms with Crippen LogP contribution < -0.4 is 14.2 Å². The van der Waals surface area contributed by atoms with Crippen molar-refractivity contribution in [2.24, 2.45) is 0 Å². The first kappa shape index (κ1) is 26.2. The Morgan fingerprint density at radius 1 is 0.632 bits per heavy atom. The number of ether oxygens (including phenoxy) is 3. The fourth-order valence-electron chi connectivity index (χ4n) is 5.78. The van der Waals surface area contributed by atoms with Gasteiger partial charge in [0.25, 0.3) is 0 Å². The molecule has 0 aliphatic heterocycles. The van der Waals surface area contributed by atoms with E-state index in [9.17, 15) is 0 Å². The Bertz CT molecular complexity index is 1410. The number of rotatable bonds is 8. The summed E-state index contributed by atoms with van der Waals surface area (Å²) < 4.78 is 17.3. The second-order valence-electron chi connectivity index (χ2n) is 10.2. The van der Waals surface area contributed by atoms with Gasteiger partial charge >= 0.3 is 0 Å². The van der Waals surface area contributed by atoms with E-state index >= 15 is 0 Å². The molecule has 1 unspecified atom stereocenters. The minimum atomic E-state index is 0.123. The van der Waals surface area contributed by atoms with Crippen molar-refractivity contribution in [3.8, 4) is 17.2 Å². The van der Waals surface area contributed by atoms with E-state index in [1.54, 1.807) is 21.3 Å². The predicted molar refractivity (Wildman–Crippen MR) is 158 cm³/mol. The molecule has 0 saturated carbocycles. The third-order valence-corrected chi connectivity index (χ3v) is 8.97. The first-order valence-electron chi connectivity index (χ1n) is 13.1. The van der Waals surface area contributed by atoms with Crippen LogP contribution in [0.2, 0.25) is 0 Å². The number of hydrogen-bond donors (Lipinski definition) is 0. The Morgan fingerprint density at radius 2 is 1.32 bits per heavy atom. The highest BCUT2D eigenvalue weighted by Crippen LogP contribution is 2.62. The Kier molecular flexibility index (Phi) is 7.71. The summed E-state index contributed by atoms with van der Waals surface area (Å²) in [6.45, 7) is 6.44. The van der Waals surface area contributed by atoms with Gasteiger partial charge in [-0.25, -0.2) is 0 Å². The minimum absolute atomic E-state index is 0.123. The summed E-state index contributed by atoms with van der Waals surface area (Å²) in [6, 6.07) is 28.7. The van der Waals surface area contributed by atoms with Gasteiger partial charge in [-0.3, -0.25) is 0 Å². The highest BCUT2D eigenvalue weighted by atomic mass is 32.2. The van der Waals surface area contributed by atoms with Crippen LogP contribution in [-0.2, 0) is 5.75 Å². The van der Waals surface area contributed by atoms with Crippen LogP contribution in [-0.4, -0.2) is 21.3 Å². The van der Waals surface area contributed by atoms with Gasteiger partial charge in [-0.1, -0.05) is 54.1 Å². The second-order valence-corrected chi connectivity index (χ2v) is 11.4. The average Bonchev–Trinajstić information content (AvgIpc) is 3.25. The molecule has 4 aromatic carbocycles. The molecule has 0 aromatic heterocycles. The zero-order valence-corrected chi connectivity index (χ0v) is 23.9. The van der Waals surface area contributed by atoms with E-state index in [-0.39, 0.29) is 17.1 Å². The summed E-state index contributed by atoms with van der Waals surface area (Å²) in [7, 11) is 5.25. The maximum Gasteiger partial charge on any atom is 0.123 e. The zero-order chi connectivity index (χ0) is 26.8. The fourth-order valence-corrected chi connectivity index (χ4v) is 7.24. The molecule has 196 valence electrons. The lowest BCUT2D eigenvalue weighted by atomic mass is 9.81. The molecule has 0 spiro atoms. The predicted octanol–water partition coefficient (Wildman–Crippen LogP) is 8.54. The summed E-state index contributed by atoms with van der Waals surface area (Å²) in [5.41, 5.74) is 10.2. The fraction of sp³-hybridized carbons (Fsp3) is 0.294. The van der Waals surface area contributed by atoms with Crippen LogP contribution in [0.15, 0.2) is 78.9 Å². The van der Waals surface area contributed by atoms with Crippen LogP contribution in [0.25, 0.3) is 0 Å². The van der Waals surface area contributed by atoms with Crippen molar-refractivity contribution in [2.45, 2.75) is 43.6 Å². The first-order valence-corrected chi connectivity index (χ1v) is 14.1. The van der Waals surface area contributed by atoms with E-state index in [1.807, 2.05) is 11.8 Å².